The van der Waals surface area contributed by atoms with Gasteiger partial charge in [0.2, 0.25) is 0 Å². The van der Waals surface area contributed by atoms with Crippen LogP contribution in [0.1, 0.15) is 43.6 Å². The van der Waals surface area contributed by atoms with Gasteiger partial charge in [0, 0.05) is 37.4 Å². The molecular weight excluding hydrogens is 391 g/mol. The zero-order valence-corrected chi connectivity index (χ0v) is 18.1. The molecule has 1 N–H and O–H groups in total. The highest BCUT2D eigenvalue weighted by Gasteiger charge is 2.24. The normalized spacial score (nSPS) is 14.4. The fraction of sp³-hybridized carbons (Fsp3) is 0.545. The molecule has 0 saturated heterocycles. The monoisotopic (exact) mass is 422 g/mol. The van der Waals surface area contributed by atoms with Gasteiger partial charge in [-0.2, -0.15) is 0 Å². The van der Waals surface area contributed by atoms with E-state index < -0.39 is 11.7 Å². The van der Waals surface area contributed by atoms with Gasteiger partial charge in [0.05, 0.1) is 12.9 Å². The molecule has 1 aliphatic rings. The Morgan fingerprint density at radius 3 is 2.77 bits per heavy atom. The second kappa shape index (κ2) is 11.0. The van der Waals surface area contributed by atoms with E-state index in [2.05, 4.69) is 5.32 Å². The minimum atomic E-state index is -0.626. The predicted octanol–water partition coefficient (Wildman–Crippen LogP) is 3.48. The van der Waals surface area contributed by atoms with E-state index >= 15 is 0 Å². The number of carbonyl (C=O) groups is 2. The number of amides is 2. The molecule has 1 aromatic carbocycles. The number of nitrogens with one attached hydrogen (secondary N) is 1. The van der Waals surface area contributed by atoms with Crippen LogP contribution in [0.2, 0.25) is 0 Å². The standard InChI is InChI=1S/C22H31FN2O5/c1-5-28-11-10-25-9-8-17-12-18(6-7-19(17)20(25)26)29-15-16(13-23)14-24-21(27)30-22(2,3)4/h6-7,12-13H,5,8-11,14-15H2,1-4H3,(H,24,27)/b16-13+. The van der Waals surface area contributed by atoms with Gasteiger partial charge in [0.25, 0.3) is 5.91 Å². The molecule has 0 aliphatic carbocycles. The summed E-state index contributed by atoms with van der Waals surface area (Å²) in [5.74, 6) is 0.523. The largest absolute Gasteiger partial charge is 0.489 e. The van der Waals surface area contributed by atoms with E-state index in [1.807, 2.05) is 13.0 Å². The maximum Gasteiger partial charge on any atom is 0.407 e. The summed E-state index contributed by atoms with van der Waals surface area (Å²) in [5.41, 5.74) is 1.19. The third kappa shape index (κ3) is 7.33. The highest BCUT2D eigenvalue weighted by molar-refractivity contribution is 5.96. The second-order valence-corrected chi connectivity index (χ2v) is 7.97. The van der Waals surface area contributed by atoms with Gasteiger partial charge in [-0.15, -0.1) is 0 Å². The first-order valence-electron chi connectivity index (χ1n) is 10.1. The molecule has 30 heavy (non-hydrogen) atoms. The first-order chi connectivity index (χ1) is 14.2. The van der Waals surface area contributed by atoms with Crippen LogP contribution in [0, 0.1) is 0 Å². The lowest BCUT2D eigenvalue weighted by molar-refractivity contribution is 0.0531. The molecule has 0 atom stereocenters. The van der Waals surface area contributed by atoms with Crippen LogP contribution in [-0.2, 0) is 15.9 Å². The summed E-state index contributed by atoms with van der Waals surface area (Å²) in [6, 6.07) is 5.24. The Balaban J connectivity index is 1.88. The predicted molar refractivity (Wildman–Crippen MR) is 111 cm³/mol. The van der Waals surface area contributed by atoms with Gasteiger partial charge < -0.3 is 24.4 Å². The topological polar surface area (TPSA) is 77.1 Å². The van der Waals surface area contributed by atoms with Crippen molar-refractivity contribution < 1.29 is 28.2 Å². The SMILES string of the molecule is CCOCCN1CCc2cc(OC/C(=C/F)CNC(=O)OC(C)(C)C)ccc2C1=O. The Hall–Kier alpha value is -2.61. The van der Waals surface area contributed by atoms with Gasteiger partial charge in [-0.25, -0.2) is 9.18 Å². The van der Waals surface area contributed by atoms with Gasteiger partial charge in [-0.05, 0) is 57.9 Å². The lowest BCUT2D eigenvalue weighted by Crippen LogP contribution is -2.39. The maximum absolute atomic E-state index is 13.1. The molecule has 0 bridgehead atoms. The van der Waals surface area contributed by atoms with Gasteiger partial charge in [-0.1, -0.05) is 0 Å². The minimum absolute atomic E-state index is 0.0200. The molecule has 2 rings (SSSR count). The molecule has 1 heterocycles. The molecule has 166 valence electrons. The smallest absolute Gasteiger partial charge is 0.407 e. The van der Waals surface area contributed by atoms with Gasteiger partial charge in [0.1, 0.15) is 18.0 Å². The molecule has 2 amide bonds. The Morgan fingerprint density at radius 2 is 2.10 bits per heavy atom. The van der Waals surface area contributed by atoms with Gasteiger partial charge >= 0.3 is 6.09 Å². The molecule has 0 spiro atoms. The fourth-order valence-corrected chi connectivity index (χ4v) is 2.93. The molecule has 1 aliphatic heterocycles. The minimum Gasteiger partial charge on any atom is -0.489 e. The molecule has 8 heteroatoms. The van der Waals surface area contributed by atoms with Crippen LogP contribution in [0.5, 0.6) is 5.75 Å². The summed E-state index contributed by atoms with van der Waals surface area (Å²) >= 11 is 0. The number of rotatable bonds is 9. The van der Waals surface area contributed by atoms with Crippen LogP contribution in [0.3, 0.4) is 0 Å². The Morgan fingerprint density at radius 1 is 1.33 bits per heavy atom. The Kier molecular flexibility index (Phi) is 8.65. The van der Waals surface area contributed by atoms with Crippen molar-refractivity contribution in [2.24, 2.45) is 0 Å². The summed E-state index contributed by atoms with van der Waals surface area (Å²) in [5, 5.41) is 2.50. The number of nitrogens with zero attached hydrogens (tertiary/aromatic N) is 1. The highest BCUT2D eigenvalue weighted by atomic mass is 19.1. The number of hydrogen-bond donors (Lipinski definition) is 1. The summed E-state index contributed by atoms with van der Waals surface area (Å²) in [6.07, 6.45) is 0.509. The lowest BCUT2D eigenvalue weighted by atomic mass is 9.98. The third-order valence-corrected chi connectivity index (χ3v) is 4.39. The van der Waals surface area contributed by atoms with Crippen molar-refractivity contribution in [1.82, 2.24) is 10.2 Å². The summed E-state index contributed by atoms with van der Waals surface area (Å²) < 4.78 is 29.3. The molecule has 0 saturated carbocycles. The molecule has 0 fully saturated rings. The number of hydrogen-bond acceptors (Lipinski definition) is 5. The van der Waals surface area contributed by atoms with E-state index in [-0.39, 0.29) is 24.6 Å². The van der Waals surface area contributed by atoms with Gasteiger partial charge in [0.15, 0.2) is 0 Å². The number of fused-ring (bicyclic) bond motifs is 1. The van der Waals surface area contributed by atoms with Crippen molar-refractivity contribution in [1.29, 1.82) is 0 Å². The van der Waals surface area contributed by atoms with Crippen molar-refractivity contribution in [3.8, 4) is 5.75 Å². The third-order valence-electron chi connectivity index (χ3n) is 4.39. The zero-order valence-electron chi connectivity index (χ0n) is 18.1. The van der Waals surface area contributed by atoms with E-state index in [1.54, 1.807) is 37.8 Å². The van der Waals surface area contributed by atoms with Crippen molar-refractivity contribution in [2.75, 3.05) is 39.5 Å². The van der Waals surface area contributed by atoms with E-state index in [4.69, 9.17) is 14.2 Å². The lowest BCUT2D eigenvalue weighted by Gasteiger charge is -2.28. The number of carbonyl (C=O) groups excluding carboxylic acids is 2. The first-order valence-corrected chi connectivity index (χ1v) is 10.1. The van der Waals surface area contributed by atoms with Crippen LogP contribution >= 0.6 is 0 Å². The quantitative estimate of drug-likeness (QED) is 0.617. The molecule has 0 unspecified atom stereocenters. The highest BCUT2D eigenvalue weighted by Crippen LogP contribution is 2.24. The Labute approximate surface area is 177 Å². The maximum atomic E-state index is 13.1. The van der Waals surface area contributed by atoms with E-state index in [0.717, 1.165) is 12.0 Å². The number of benzene rings is 1. The molecule has 0 radical (unpaired) electrons. The van der Waals surface area contributed by atoms with Crippen LogP contribution in [0.25, 0.3) is 0 Å². The molecule has 1 aromatic rings. The first kappa shape index (κ1) is 23.7. The Bertz CT molecular complexity index is 773. The average molecular weight is 422 g/mol. The van der Waals surface area contributed by atoms with Crippen molar-refractivity contribution in [2.45, 2.75) is 39.7 Å². The molecular formula is C22H31FN2O5. The summed E-state index contributed by atoms with van der Waals surface area (Å²) in [7, 11) is 0. The summed E-state index contributed by atoms with van der Waals surface area (Å²) in [6.45, 7) is 9.46. The van der Waals surface area contributed by atoms with Crippen molar-refractivity contribution in [3.63, 3.8) is 0 Å². The average Bonchev–Trinajstić information content (AvgIpc) is 2.68. The molecule has 0 aromatic heterocycles. The second-order valence-electron chi connectivity index (χ2n) is 7.97. The number of ether oxygens (including phenoxy) is 3. The van der Waals surface area contributed by atoms with Crippen LogP contribution in [0.15, 0.2) is 30.1 Å². The van der Waals surface area contributed by atoms with Crippen LogP contribution in [0.4, 0.5) is 9.18 Å². The molecule has 7 nitrogen and oxygen atoms in total. The summed E-state index contributed by atoms with van der Waals surface area (Å²) in [4.78, 5) is 26.1. The van der Waals surface area contributed by atoms with Crippen LogP contribution in [-0.4, -0.2) is 62.0 Å². The van der Waals surface area contributed by atoms with Crippen molar-refractivity contribution in [3.05, 3.63) is 41.2 Å². The number of alkyl carbamates (subject to hydrolysis) is 1. The van der Waals surface area contributed by atoms with Gasteiger partial charge in [-0.3, -0.25) is 4.79 Å². The van der Waals surface area contributed by atoms with E-state index in [9.17, 15) is 14.0 Å². The van der Waals surface area contributed by atoms with E-state index in [1.165, 1.54) is 0 Å². The fourth-order valence-electron chi connectivity index (χ4n) is 2.93. The number of halogens is 1. The van der Waals surface area contributed by atoms with E-state index in [0.29, 0.717) is 43.9 Å². The zero-order chi connectivity index (χ0) is 22.1. The van der Waals surface area contributed by atoms with Crippen LogP contribution < -0.4 is 10.1 Å². The van der Waals surface area contributed by atoms with Crippen molar-refractivity contribution >= 4 is 12.0 Å².